The number of nitrogens with zero attached hydrogens (tertiary/aromatic N) is 1. The van der Waals surface area contributed by atoms with Crippen LogP contribution in [0.2, 0.25) is 0 Å². The van der Waals surface area contributed by atoms with Crippen molar-refractivity contribution in [2.45, 2.75) is 6.92 Å². The van der Waals surface area contributed by atoms with Gasteiger partial charge in [0, 0.05) is 22.3 Å². The van der Waals surface area contributed by atoms with Crippen LogP contribution in [-0.4, -0.2) is 35.1 Å². The number of anilines is 1. The maximum atomic E-state index is 11.8. The second-order valence-corrected chi connectivity index (χ2v) is 5.58. The zero-order valence-corrected chi connectivity index (χ0v) is 12.0. The monoisotopic (exact) mass is 360 g/mol. The van der Waals surface area contributed by atoms with Crippen molar-refractivity contribution in [1.82, 2.24) is 4.90 Å². The molecule has 1 saturated heterocycles. The van der Waals surface area contributed by atoms with Gasteiger partial charge in [0.2, 0.25) is 0 Å². The highest BCUT2D eigenvalue weighted by Crippen LogP contribution is 2.21. The minimum absolute atomic E-state index is 0.238. The van der Waals surface area contributed by atoms with E-state index in [2.05, 4.69) is 27.9 Å². The number of carboxylic acid groups (broad SMARTS) is 1. The van der Waals surface area contributed by atoms with Crippen LogP contribution in [-0.2, 0) is 4.79 Å². The standard InChI is InChI=1S/C12H13IN2O3/c1-7-2-3-9(13)4-10(7)14-12(18)15-5-8(6-15)11(16)17/h2-4,8H,5-6H2,1H3,(H,14,18)(H,16,17). The summed E-state index contributed by atoms with van der Waals surface area (Å²) in [6, 6.07) is 5.56. The molecular formula is C12H13IN2O3. The van der Waals surface area contributed by atoms with E-state index in [0.29, 0.717) is 0 Å². The lowest BCUT2D eigenvalue weighted by molar-refractivity contribution is -0.145. The van der Waals surface area contributed by atoms with Crippen molar-refractivity contribution in [3.63, 3.8) is 0 Å². The third kappa shape index (κ3) is 2.74. The number of aliphatic carboxylic acids is 1. The van der Waals surface area contributed by atoms with Gasteiger partial charge in [-0.15, -0.1) is 0 Å². The lowest BCUT2D eigenvalue weighted by atomic mass is 10.0. The summed E-state index contributed by atoms with van der Waals surface area (Å²) in [5, 5.41) is 11.5. The third-order valence-electron chi connectivity index (χ3n) is 2.96. The second-order valence-electron chi connectivity index (χ2n) is 4.33. The summed E-state index contributed by atoms with van der Waals surface area (Å²) < 4.78 is 1.04. The van der Waals surface area contributed by atoms with Crippen molar-refractivity contribution in [3.8, 4) is 0 Å². The number of aryl methyl sites for hydroxylation is 1. The van der Waals surface area contributed by atoms with Gasteiger partial charge in [-0.25, -0.2) is 4.79 Å². The summed E-state index contributed by atoms with van der Waals surface area (Å²) in [6.45, 7) is 2.48. The molecule has 0 aliphatic carbocycles. The average molecular weight is 360 g/mol. The molecule has 0 spiro atoms. The Hall–Kier alpha value is -1.31. The molecule has 1 aromatic carbocycles. The molecule has 1 heterocycles. The van der Waals surface area contributed by atoms with E-state index >= 15 is 0 Å². The number of halogens is 1. The normalized spacial score (nSPS) is 15.1. The molecule has 96 valence electrons. The van der Waals surface area contributed by atoms with Crippen LogP contribution in [0.15, 0.2) is 18.2 Å². The topological polar surface area (TPSA) is 69.6 Å². The number of carboxylic acids is 1. The van der Waals surface area contributed by atoms with Gasteiger partial charge in [0.15, 0.2) is 0 Å². The maximum absolute atomic E-state index is 11.8. The number of carbonyl (C=O) groups excluding carboxylic acids is 1. The molecule has 5 nitrogen and oxygen atoms in total. The molecule has 1 aliphatic rings. The van der Waals surface area contributed by atoms with Crippen LogP contribution in [0.4, 0.5) is 10.5 Å². The van der Waals surface area contributed by atoms with Crippen LogP contribution in [0.5, 0.6) is 0 Å². The lowest BCUT2D eigenvalue weighted by Gasteiger charge is -2.36. The molecular weight excluding hydrogens is 347 g/mol. The van der Waals surface area contributed by atoms with Gasteiger partial charge in [0.25, 0.3) is 0 Å². The Balaban J connectivity index is 1.96. The van der Waals surface area contributed by atoms with E-state index in [4.69, 9.17) is 5.11 Å². The highest BCUT2D eigenvalue weighted by molar-refractivity contribution is 14.1. The molecule has 1 aromatic rings. The number of benzene rings is 1. The van der Waals surface area contributed by atoms with Gasteiger partial charge in [0.1, 0.15) is 0 Å². The van der Waals surface area contributed by atoms with Gasteiger partial charge in [-0.1, -0.05) is 6.07 Å². The first-order valence-electron chi connectivity index (χ1n) is 5.52. The minimum Gasteiger partial charge on any atom is -0.481 e. The van der Waals surface area contributed by atoms with Gasteiger partial charge >= 0.3 is 12.0 Å². The molecule has 18 heavy (non-hydrogen) atoms. The predicted molar refractivity (Wildman–Crippen MR) is 75.6 cm³/mol. The van der Waals surface area contributed by atoms with Crippen molar-refractivity contribution in [3.05, 3.63) is 27.3 Å². The van der Waals surface area contributed by atoms with E-state index in [1.807, 2.05) is 25.1 Å². The molecule has 0 saturated carbocycles. The quantitative estimate of drug-likeness (QED) is 0.795. The highest BCUT2D eigenvalue weighted by atomic mass is 127. The first-order chi connectivity index (χ1) is 8.47. The summed E-state index contributed by atoms with van der Waals surface area (Å²) in [7, 11) is 0. The Bertz CT molecular complexity index is 498. The van der Waals surface area contributed by atoms with E-state index < -0.39 is 11.9 Å². The van der Waals surface area contributed by atoms with Gasteiger partial charge in [-0.05, 0) is 47.2 Å². The minimum atomic E-state index is -0.843. The average Bonchev–Trinajstić information content (AvgIpc) is 2.20. The first-order valence-corrected chi connectivity index (χ1v) is 6.60. The molecule has 0 radical (unpaired) electrons. The SMILES string of the molecule is Cc1ccc(I)cc1NC(=O)N1CC(C(=O)O)C1. The zero-order chi connectivity index (χ0) is 13.3. The molecule has 1 fully saturated rings. The molecule has 0 bridgehead atoms. The summed E-state index contributed by atoms with van der Waals surface area (Å²) in [5.74, 6) is -1.27. The number of urea groups is 1. The van der Waals surface area contributed by atoms with E-state index in [9.17, 15) is 9.59 Å². The fourth-order valence-corrected chi connectivity index (χ4v) is 2.21. The van der Waals surface area contributed by atoms with E-state index in [1.165, 1.54) is 4.90 Å². The van der Waals surface area contributed by atoms with Crippen molar-refractivity contribution in [1.29, 1.82) is 0 Å². The molecule has 0 aromatic heterocycles. The number of nitrogens with one attached hydrogen (secondary N) is 1. The largest absolute Gasteiger partial charge is 0.481 e. The van der Waals surface area contributed by atoms with E-state index in [-0.39, 0.29) is 19.1 Å². The number of likely N-dealkylation sites (tertiary alicyclic amines) is 1. The van der Waals surface area contributed by atoms with Crippen LogP contribution < -0.4 is 5.32 Å². The molecule has 6 heteroatoms. The fourth-order valence-electron chi connectivity index (χ4n) is 1.72. The fraction of sp³-hybridized carbons (Fsp3) is 0.333. The molecule has 1 aliphatic heterocycles. The molecule has 2 rings (SSSR count). The van der Waals surface area contributed by atoms with Gasteiger partial charge in [0.05, 0.1) is 5.92 Å². The Morgan fingerprint density at radius 2 is 2.11 bits per heavy atom. The van der Waals surface area contributed by atoms with Crippen LogP contribution in [0, 0.1) is 16.4 Å². The molecule has 0 atom stereocenters. The maximum Gasteiger partial charge on any atom is 0.321 e. The van der Waals surface area contributed by atoms with Crippen LogP contribution in [0.1, 0.15) is 5.56 Å². The smallest absolute Gasteiger partial charge is 0.321 e. The number of carbonyl (C=O) groups is 2. The van der Waals surface area contributed by atoms with Gasteiger partial charge in [-0.3, -0.25) is 4.79 Å². The number of rotatable bonds is 2. The first kappa shape index (κ1) is 13.1. The van der Waals surface area contributed by atoms with Crippen LogP contribution in [0.3, 0.4) is 0 Å². The number of hydrogen-bond acceptors (Lipinski definition) is 2. The highest BCUT2D eigenvalue weighted by Gasteiger charge is 2.35. The van der Waals surface area contributed by atoms with Crippen molar-refractivity contribution in [2.75, 3.05) is 18.4 Å². The summed E-state index contributed by atoms with van der Waals surface area (Å²) in [5.41, 5.74) is 1.75. The summed E-state index contributed by atoms with van der Waals surface area (Å²) in [6.07, 6.45) is 0. The third-order valence-corrected chi connectivity index (χ3v) is 3.63. The van der Waals surface area contributed by atoms with Gasteiger partial charge in [-0.2, -0.15) is 0 Å². The Morgan fingerprint density at radius 1 is 1.44 bits per heavy atom. The predicted octanol–water partition coefficient (Wildman–Crippen LogP) is 2.15. The summed E-state index contributed by atoms with van der Waals surface area (Å²) >= 11 is 2.18. The Kier molecular flexibility index (Phi) is 3.74. The molecule has 0 unspecified atom stereocenters. The number of amides is 2. The van der Waals surface area contributed by atoms with Crippen LogP contribution in [0.25, 0.3) is 0 Å². The van der Waals surface area contributed by atoms with Crippen molar-refractivity contribution < 1.29 is 14.7 Å². The van der Waals surface area contributed by atoms with Crippen molar-refractivity contribution in [2.24, 2.45) is 5.92 Å². The Labute approximate surface area is 118 Å². The molecule has 2 N–H and O–H groups in total. The summed E-state index contributed by atoms with van der Waals surface area (Å²) in [4.78, 5) is 24.0. The van der Waals surface area contributed by atoms with E-state index in [1.54, 1.807) is 0 Å². The zero-order valence-electron chi connectivity index (χ0n) is 9.81. The van der Waals surface area contributed by atoms with Gasteiger partial charge < -0.3 is 15.3 Å². The van der Waals surface area contributed by atoms with Crippen LogP contribution >= 0.6 is 22.6 Å². The van der Waals surface area contributed by atoms with E-state index in [0.717, 1.165) is 14.8 Å². The second kappa shape index (κ2) is 5.13. The van der Waals surface area contributed by atoms with Crippen molar-refractivity contribution >= 4 is 40.3 Å². The molecule has 2 amide bonds. The lowest BCUT2D eigenvalue weighted by Crippen LogP contribution is -2.54. The Morgan fingerprint density at radius 3 is 2.72 bits per heavy atom. The number of hydrogen-bond donors (Lipinski definition) is 2.